The predicted molar refractivity (Wildman–Crippen MR) is 83.5 cm³/mol. The van der Waals surface area contributed by atoms with E-state index in [1.54, 1.807) is 0 Å². The largest absolute Gasteiger partial charge is 0.329 e. The number of likely N-dealkylation sites (N-methyl/N-ethyl adjacent to an activating group) is 1. The van der Waals surface area contributed by atoms with E-state index in [0.29, 0.717) is 0 Å². The van der Waals surface area contributed by atoms with Crippen molar-refractivity contribution in [3.8, 4) is 0 Å². The maximum atomic E-state index is 6.39. The molecule has 0 saturated heterocycles. The average Bonchev–Trinajstić information content (AvgIpc) is 2.84. The van der Waals surface area contributed by atoms with Gasteiger partial charge in [0.15, 0.2) is 0 Å². The van der Waals surface area contributed by atoms with E-state index in [1.165, 1.54) is 37.7 Å². The van der Waals surface area contributed by atoms with Gasteiger partial charge in [-0.3, -0.25) is 9.58 Å². The van der Waals surface area contributed by atoms with E-state index in [9.17, 15) is 0 Å². The van der Waals surface area contributed by atoms with Crippen LogP contribution in [0.2, 0.25) is 0 Å². The van der Waals surface area contributed by atoms with Crippen LogP contribution in [-0.2, 0) is 13.6 Å². The SMILES string of the molecule is CN(Cc1cnn(C)c1)C1(CN)C2CC3CC(C2)CC1C3. The summed E-state index contributed by atoms with van der Waals surface area (Å²) >= 11 is 0. The van der Waals surface area contributed by atoms with Gasteiger partial charge in [0.25, 0.3) is 0 Å². The molecule has 4 fully saturated rings. The molecule has 4 bridgehead atoms. The molecule has 1 aromatic rings. The number of hydrogen-bond acceptors (Lipinski definition) is 3. The summed E-state index contributed by atoms with van der Waals surface area (Å²) in [6.07, 6.45) is 11.3. The van der Waals surface area contributed by atoms with Gasteiger partial charge in [0.05, 0.1) is 6.20 Å². The van der Waals surface area contributed by atoms with Crippen LogP contribution in [0.25, 0.3) is 0 Å². The van der Waals surface area contributed by atoms with Crippen molar-refractivity contribution in [1.29, 1.82) is 0 Å². The number of aryl methyl sites for hydroxylation is 1. The Hall–Kier alpha value is -0.870. The number of nitrogens with zero attached hydrogens (tertiary/aromatic N) is 3. The third-order valence-electron chi connectivity index (χ3n) is 6.77. The van der Waals surface area contributed by atoms with Gasteiger partial charge in [0.2, 0.25) is 0 Å². The molecule has 1 aromatic heterocycles. The van der Waals surface area contributed by atoms with Gasteiger partial charge in [-0.2, -0.15) is 5.10 Å². The molecule has 4 aliphatic carbocycles. The van der Waals surface area contributed by atoms with Gasteiger partial charge < -0.3 is 5.73 Å². The summed E-state index contributed by atoms with van der Waals surface area (Å²) < 4.78 is 1.90. The second-order valence-electron chi connectivity index (χ2n) is 7.88. The Kier molecular flexibility index (Phi) is 3.16. The Morgan fingerprint density at radius 1 is 1.24 bits per heavy atom. The van der Waals surface area contributed by atoms with E-state index < -0.39 is 0 Å². The topological polar surface area (TPSA) is 47.1 Å². The van der Waals surface area contributed by atoms with Crippen LogP contribution in [0.4, 0.5) is 0 Å². The van der Waals surface area contributed by atoms with E-state index in [-0.39, 0.29) is 5.54 Å². The lowest BCUT2D eigenvalue weighted by Gasteiger charge is -2.64. The molecule has 1 heterocycles. The quantitative estimate of drug-likeness (QED) is 0.922. The normalized spacial score (nSPS) is 41.1. The van der Waals surface area contributed by atoms with E-state index >= 15 is 0 Å². The highest BCUT2D eigenvalue weighted by atomic mass is 15.3. The van der Waals surface area contributed by atoms with Crippen molar-refractivity contribution in [3.63, 3.8) is 0 Å². The van der Waals surface area contributed by atoms with Gasteiger partial charge in [0, 0.05) is 37.4 Å². The van der Waals surface area contributed by atoms with Crippen molar-refractivity contribution >= 4 is 0 Å². The Morgan fingerprint density at radius 3 is 2.33 bits per heavy atom. The van der Waals surface area contributed by atoms with Crippen LogP contribution in [0.3, 0.4) is 0 Å². The van der Waals surface area contributed by atoms with Crippen molar-refractivity contribution in [3.05, 3.63) is 18.0 Å². The van der Waals surface area contributed by atoms with Gasteiger partial charge in [-0.1, -0.05) is 0 Å². The van der Waals surface area contributed by atoms with Crippen LogP contribution in [0.5, 0.6) is 0 Å². The molecule has 4 nitrogen and oxygen atoms in total. The molecule has 0 aromatic carbocycles. The average molecular weight is 288 g/mol. The molecule has 5 rings (SSSR count). The van der Waals surface area contributed by atoms with Gasteiger partial charge in [-0.15, -0.1) is 0 Å². The summed E-state index contributed by atoms with van der Waals surface area (Å²) in [5.74, 6) is 3.64. The van der Waals surface area contributed by atoms with Crippen molar-refractivity contribution in [2.75, 3.05) is 13.6 Å². The minimum absolute atomic E-state index is 0.239. The fraction of sp³-hybridized carbons (Fsp3) is 0.824. The zero-order chi connectivity index (χ0) is 14.6. The first-order valence-electron chi connectivity index (χ1n) is 8.50. The lowest BCUT2D eigenvalue weighted by Crippen LogP contribution is -2.68. The van der Waals surface area contributed by atoms with Gasteiger partial charge in [-0.05, 0) is 62.8 Å². The van der Waals surface area contributed by atoms with E-state index in [1.807, 2.05) is 17.9 Å². The smallest absolute Gasteiger partial charge is 0.0534 e. The van der Waals surface area contributed by atoms with Gasteiger partial charge in [0.1, 0.15) is 0 Å². The molecule has 0 spiro atoms. The molecule has 0 aliphatic heterocycles. The van der Waals surface area contributed by atoms with Crippen molar-refractivity contribution in [2.45, 2.75) is 44.2 Å². The highest BCUT2D eigenvalue weighted by molar-refractivity contribution is 5.14. The maximum absolute atomic E-state index is 6.39. The number of aromatic nitrogens is 2. The first kappa shape index (κ1) is 13.8. The highest BCUT2D eigenvalue weighted by Gasteiger charge is 2.58. The molecule has 0 atom stereocenters. The minimum atomic E-state index is 0.239. The summed E-state index contributed by atoms with van der Waals surface area (Å²) in [4.78, 5) is 2.58. The Labute approximate surface area is 127 Å². The van der Waals surface area contributed by atoms with Gasteiger partial charge in [-0.25, -0.2) is 0 Å². The van der Waals surface area contributed by atoms with Crippen LogP contribution in [0.1, 0.15) is 37.7 Å². The van der Waals surface area contributed by atoms with Crippen molar-refractivity contribution in [1.82, 2.24) is 14.7 Å². The molecule has 0 unspecified atom stereocenters. The molecule has 2 N–H and O–H groups in total. The summed E-state index contributed by atoms with van der Waals surface area (Å²) in [5, 5.41) is 4.31. The predicted octanol–water partition coefficient (Wildman–Crippen LogP) is 2.01. The fourth-order valence-electron chi connectivity index (χ4n) is 6.09. The molecule has 4 aliphatic rings. The molecule has 0 radical (unpaired) electrons. The number of hydrogen-bond donors (Lipinski definition) is 1. The van der Waals surface area contributed by atoms with Crippen LogP contribution >= 0.6 is 0 Å². The molecular weight excluding hydrogens is 260 g/mol. The molecule has 116 valence electrons. The molecular formula is C17H28N4. The van der Waals surface area contributed by atoms with Crippen LogP contribution in [0, 0.1) is 23.7 Å². The molecule has 21 heavy (non-hydrogen) atoms. The molecule has 4 saturated carbocycles. The Morgan fingerprint density at radius 2 is 1.86 bits per heavy atom. The summed E-state index contributed by atoms with van der Waals surface area (Å²) in [7, 11) is 4.28. The first-order valence-corrected chi connectivity index (χ1v) is 8.50. The number of nitrogens with two attached hydrogens (primary N) is 1. The lowest BCUT2D eigenvalue weighted by molar-refractivity contribution is -0.126. The third kappa shape index (κ3) is 1.99. The Balaban J connectivity index is 1.60. The maximum Gasteiger partial charge on any atom is 0.0534 e. The first-order chi connectivity index (χ1) is 10.1. The summed E-state index contributed by atoms with van der Waals surface area (Å²) in [5.41, 5.74) is 7.93. The molecule has 0 amide bonds. The van der Waals surface area contributed by atoms with Crippen LogP contribution < -0.4 is 5.73 Å². The fourth-order valence-corrected chi connectivity index (χ4v) is 6.09. The zero-order valence-electron chi connectivity index (χ0n) is 13.3. The second-order valence-corrected chi connectivity index (χ2v) is 7.88. The monoisotopic (exact) mass is 288 g/mol. The van der Waals surface area contributed by atoms with Crippen LogP contribution in [-0.4, -0.2) is 33.8 Å². The summed E-state index contributed by atoms with van der Waals surface area (Å²) in [6, 6.07) is 0. The summed E-state index contributed by atoms with van der Waals surface area (Å²) in [6.45, 7) is 1.80. The third-order valence-corrected chi connectivity index (χ3v) is 6.77. The zero-order valence-corrected chi connectivity index (χ0v) is 13.3. The standard InChI is InChI=1S/C17H28N4/c1-20(9-14-8-19-21(2)10-14)17(11-18)15-4-12-3-13(6-15)7-16(17)5-12/h8,10,12-13,15-16H,3-7,9,11,18H2,1-2H3. The van der Waals surface area contributed by atoms with E-state index in [2.05, 4.69) is 23.2 Å². The molecule has 4 heteroatoms. The van der Waals surface area contributed by atoms with Crippen LogP contribution in [0.15, 0.2) is 12.4 Å². The minimum Gasteiger partial charge on any atom is -0.329 e. The van der Waals surface area contributed by atoms with E-state index in [4.69, 9.17) is 5.73 Å². The van der Waals surface area contributed by atoms with E-state index in [0.717, 1.165) is 36.8 Å². The van der Waals surface area contributed by atoms with Crippen molar-refractivity contribution in [2.24, 2.45) is 36.5 Å². The lowest BCUT2D eigenvalue weighted by atomic mass is 9.48. The van der Waals surface area contributed by atoms with Crippen molar-refractivity contribution < 1.29 is 0 Å². The highest BCUT2D eigenvalue weighted by Crippen LogP contribution is 2.59. The Bertz CT molecular complexity index is 493. The number of rotatable bonds is 4. The second kappa shape index (κ2) is 4.82. The van der Waals surface area contributed by atoms with Gasteiger partial charge >= 0.3 is 0 Å².